The molecule has 0 radical (unpaired) electrons. The number of amides is 2. The van der Waals surface area contributed by atoms with Crippen molar-refractivity contribution in [1.82, 2.24) is 15.3 Å². The predicted molar refractivity (Wildman–Crippen MR) is 80.0 cm³/mol. The number of rotatable bonds is 5. The number of benzene rings is 1. The standard InChI is InChI=1S/C13H13BrN4O3/c14-8-1-3-9(4-2-8)17-13(21)18-11(12(19)20)5-10-6-15-7-16-10/h1-4,6-7,11H,5H2,(H,15,16)(H,19,20)(H2,17,18,21)/t11-/m0/s1. The van der Waals surface area contributed by atoms with Gasteiger partial charge in [-0.3, -0.25) is 0 Å². The molecule has 0 saturated carbocycles. The number of urea groups is 1. The van der Waals surface area contributed by atoms with Crippen LogP contribution in [-0.4, -0.2) is 33.1 Å². The second-order valence-corrected chi connectivity index (χ2v) is 5.18. The van der Waals surface area contributed by atoms with Crippen molar-refractivity contribution in [3.8, 4) is 0 Å². The molecule has 0 unspecified atom stereocenters. The molecule has 0 aliphatic heterocycles. The van der Waals surface area contributed by atoms with E-state index in [2.05, 4.69) is 36.5 Å². The summed E-state index contributed by atoms with van der Waals surface area (Å²) in [7, 11) is 0. The van der Waals surface area contributed by atoms with Crippen molar-refractivity contribution in [1.29, 1.82) is 0 Å². The van der Waals surface area contributed by atoms with Gasteiger partial charge in [-0.1, -0.05) is 15.9 Å². The van der Waals surface area contributed by atoms with E-state index in [0.717, 1.165) is 4.47 Å². The van der Waals surface area contributed by atoms with Gasteiger partial charge in [0.05, 0.1) is 12.0 Å². The zero-order valence-corrected chi connectivity index (χ0v) is 12.4. The number of aliphatic carboxylic acids is 1. The molecule has 0 bridgehead atoms. The highest BCUT2D eigenvalue weighted by molar-refractivity contribution is 9.10. The molecular weight excluding hydrogens is 340 g/mol. The van der Waals surface area contributed by atoms with Crippen molar-refractivity contribution in [3.05, 3.63) is 47.0 Å². The molecule has 7 nitrogen and oxygen atoms in total. The summed E-state index contributed by atoms with van der Waals surface area (Å²) in [6, 6.07) is 5.31. The minimum Gasteiger partial charge on any atom is -0.480 e. The number of aromatic amines is 1. The number of nitrogens with zero attached hydrogens (tertiary/aromatic N) is 1. The third-order valence-corrected chi connectivity index (χ3v) is 3.20. The number of hydrogen-bond acceptors (Lipinski definition) is 3. The van der Waals surface area contributed by atoms with Crippen LogP contribution in [0.3, 0.4) is 0 Å². The zero-order chi connectivity index (χ0) is 15.2. The molecule has 2 amide bonds. The summed E-state index contributed by atoms with van der Waals surface area (Å²) in [6.07, 6.45) is 3.15. The molecule has 110 valence electrons. The highest BCUT2D eigenvalue weighted by Gasteiger charge is 2.21. The molecular formula is C13H13BrN4O3. The summed E-state index contributed by atoms with van der Waals surface area (Å²) >= 11 is 3.29. The number of nitrogens with one attached hydrogen (secondary N) is 3. The lowest BCUT2D eigenvalue weighted by molar-refractivity contribution is -0.139. The Bertz CT molecular complexity index is 613. The molecule has 8 heteroatoms. The van der Waals surface area contributed by atoms with E-state index in [0.29, 0.717) is 11.4 Å². The lowest BCUT2D eigenvalue weighted by Crippen LogP contribution is -2.44. The molecule has 1 aromatic carbocycles. The van der Waals surface area contributed by atoms with E-state index < -0.39 is 18.0 Å². The van der Waals surface area contributed by atoms with Crippen LogP contribution in [0.15, 0.2) is 41.3 Å². The monoisotopic (exact) mass is 352 g/mol. The minimum atomic E-state index is -1.12. The van der Waals surface area contributed by atoms with Crippen molar-refractivity contribution in [2.75, 3.05) is 5.32 Å². The highest BCUT2D eigenvalue weighted by atomic mass is 79.9. The van der Waals surface area contributed by atoms with Crippen LogP contribution >= 0.6 is 15.9 Å². The molecule has 0 aliphatic carbocycles. The second-order valence-electron chi connectivity index (χ2n) is 4.26. The van der Waals surface area contributed by atoms with E-state index in [1.807, 2.05) is 0 Å². The van der Waals surface area contributed by atoms with Gasteiger partial charge in [-0.25, -0.2) is 14.6 Å². The highest BCUT2D eigenvalue weighted by Crippen LogP contribution is 2.14. The number of carbonyl (C=O) groups excluding carboxylic acids is 1. The van der Waals surface area contributed by atoms with Gasteiger partial charge in [0.1, 0.15) is 6.04 Å². The number of aromatic nitrogens is 2. The fourth-order valence-electron chi connectivity index (χ4n) is 1.67. The van der Waals surface area contributed by atoms with Gasteiger partial charge < -0.3 is 20.7 Å². The van der Waals surface area contributed by atoms with Gasteiger partial charge in [0.25, 0.3) is 0 Å². The van der Waals surface area contributed by atoms with Crippen LogP contribution in [0.2, 0.25) is 0 Å². The summed E-state index contributed by atoms with van der Waals surface area (Å²) < 4.78 is 0.885. The number of anilines is 1. The Labute approximate surface area is 128 Å². The third kappa shape index (κ3) is 4.60. The smallest absolute Gasteiger partial charge is 0.326 e. The molecule has 1 aromatic heterocycles. The van der Waals surface area contributed by atoms with Crippen molar-refractivity contribution in [2.24, 2.45) is 0 Å². The molecule has 1 atom stereocenters. The van der Waals surface area contributed by atoms with Crippen LogP contribution in [0.5, 0.6) is 0 Å². The molecule has 2 aromatic rings. The number of carboxylic acid groups (broad SMARTS) is 1. The molecule has 0 aliphatic rings. The summed E-state index contributed by atoms with van der Waals surface area (Å²) in [6.45, 7) is 0. The molecule has 0 spiro atoms. The fraction of sp³-hybridized carbons (Fsp3) is 0.154. The van der Waals surface area contributed by atoms with Crippen molar-refractivity contribution < 1.29 is 14.7 Å². The number of H-pyrrole nitrogens is 1. The quantitative estimate of drug-likeness (QED) is 0.659. The maximum atomic E-state index is 11.8. The first-order valence-electron chi connectivity index (χ1n) is 6.08. The normalized spacial score (nSPS) is 11.7. The SMILES string of the molecule is O=C(Nc1ccc(Br)cc1)N[C@@H](Cc1c[nH]cn1)C(=O)O. The largest absolute Gasteiger partial charge is 0.480 e. The average molecular weight is 353 g/mol. The van der Waals surface area contributed by atoms with Crippen LogP contribution in [0.25, 0.3) is 0 Å². The lowest BCUT2D eigenvalue weighted by Gasteiger charge is -2.14. The molecule has 2 rings (SSSR count). The Kier molecular flexibility index (Phi) is 4.94. The molecule has 0 fully saturated rings. The number of carbonyl (C=O) groups is 2. The molecule has 1 heterocycles. The van der Waals surface area contributed by atoms with Gasteiger partial charge in [-0.05, 0) is 24.3 Å². The Balaban J connectivity index is 1.95. The van der Waals surface area contributed by atoms with Gasteiger partial charge in [0, 0.05) is 22.8 Å². The maximum absolute atomic E-state index is 11.8. The number of carboxylic acids is 1. The molecule has 0 saturated heterocycles. The van der Waals surface area contributed by atoms with Gasteiger partial charge in [-0.2, -0.15) is 0 Å². The van der Waals surface area contributed by atoms with Gasteiger partial charge in [0.2, 0.25) is 0 Å². The summed E-state index contributed by atoms with van der Waals surface area (Å²) in [5.74, 6) is -1.12. The lowest BCUT2D eigenvalue weighted by atomic mass is 10.2. The van der Waals surface area contributed by atoms with Gasteiger partial charge in [0.15, 0.2) is 0 Å². The van der Waals surface area contributed by atoms with E-state index >= 15 is 0 Å². The third-order valence-electron chi connectivity index (χ3n) is 2.67. The van der Waals surface area contributed by atoms with Gasteiger partial charge >= 0.3 is 12.0 Å². The Morgan fingerprint density at radius 3 is 2.62 bits per heavy atom. The second kappa shape index (κ2) is 6.89. The van der Waals surface area contributed by atoms with E-state index in [1.54, 1.807) is 30.5 Å². The van der Waals surface area contributed by atoms with Crippen LogP contribution in [0.4, 0.5) is 10.5 Å². The fourth-order valence-corrected chi connectivity index (χ4v) is 1.93. The van der Waals surface area contributed by atoms with Gasteiger partial charge in [-0.15, -0.1) is 0 Å². The summed E-state index contributed by atoms with van der Waals surface area (Å²) in [5.41, 5.74) is 1.13. The van der Waals surface area contributed by atoms with E-state index in [-0.39, 0.29) is 6.42 Å². The molecule has 21 heavy (non-hydrogen) atoms. The van der Waals surface area contributed by atoms with Crippen LogP contribution in [-0.2, 0) is 11.2 Å². The van der Waals surface area contributed by atoms with E-state index in [4.69, 9.17) is 5.11 Å². The molecule has 4 N–H and O–H groups in total. The van der Waals surface area contributed by atoms with E-state index in [9.17, 15) is 9.59 Å². The van der Waals surface area contributed by atoms with Crippen molar-refractivity contribution in [3.63, 3.8) is 0 Å². The average Bonchev–Trinajstić information content (AvgIpc) is 2.93. The minimum absolute atomic E-state index is 0.104. The Morgan fingerprint density at radius 2 is 2.05 bits per heavy atom. The number of imidazole rings is 1. The number of hydrogen-bond donors (Lipinski definition) is 4. The van der Waals surface area contributed by atoms with Crippen LogP contribution < -0.4 is 10.6 Å². The predicted octanol–water partition coefficient (Wildman–Crippen LogP) is 1.99. The number of halogens is 1. The Morgan fingerprint density at radius 1 is 1.33 bits per heavy atom. The summed E-state index contributed by atoms with van der Waals surface area (Å²) in [4.78, 5) is 29.7. The topological polar surface area (TPSA) is 107 Å². The summed E-state index contributed by atoms with van der Waals surface area (Å²) in [5, 5.41) is 14.1. The maximum Gasteiger partial charge on any atom is 0.326 e. The van der Waals surface area contributed by atoms with Crippen molar-refractivity contribution >= 4 is 33.6 Å². The first-order chi connectivity index (χ1) is 10.0. The van der Waals surface area contributed by atoms with Crippen molar-refractivity contribution in [2.45, 2.75) is 12.5 Å². The van der Waals surface area contributed by atoms with Crippen LogP contribution in [0.1, 0.15) is 5.69 Å². The Hall–Kier alpha value is -2.35. The van der Waals surface area contributed by atoms with E-state index in [1.165, 1.54) is 6.33 Å². The van der Waals surface area contributed by atoms with Crippen LogP contribution in [0, 0.1) is 0 Å². The zero-order valence-electron chi connectivity index (χ0n) is 10.8. The first-order valence-corrected chi connectivity index (χ1v) is 6.87. The first kappa shape index (κ1) is 15.0.